The van der Waals surface area contributed by atoms with Crippen LogP contribution in [0.25, 0.3) is 0 Å². The van der Waals surface area contributed by atoms with E-state index in [4.69, 9.17) is 4.74 Å². The Morgan fingerprint density at radius 2 is 2.17 bits per heavy atom. The Kier molecular flexibility index (Phi) is 5.91. The maximum Gasteiger partial charge on any atom is 0.410 e. The highest BCUT2D eigenvalue weighted by atomic mass is 16.6. The molecule has 1 aromatic heterocycles. The second-order valence-corrected chi connectivity index (χ2v) is 8.05. The fourth-order valence-corrected chi connectivity index (χ4v) is 2.96. The number of nitrogens with one attached hydrogen (secondary N) is 1. The number of likely N-dealkylation sites (tertiary alicyclic amines) is 1. The predicted molar refractivity (Wildman–Crippen MR) is 94.9 cm³/mol. The van der Waals surface area contributed by atoms with Crippen LogP contribution in [0.2, 0.25) is 0 Å². The van der Waals surface area contributed by atoms with Gasteiger partial charge in [-0.25, -0.2) is 4.79 Å². The van der Waals surface area contributed by atoms with E-state index < -0.39 is 5.60 Å². The first-order valence-electron chi connectivity index (χ1n) is 8.91. The molecule has 0 aromatic carbocycles. The second-order valence-electron chi connectivity index (χ2n) is 8.05. The molecule has 2 unspecified atom stereocenters. The minimum Gasteiger partial charge on any atom is -0.444 e. The van der Waals surface area contributed by atoms with Gasteiger partial charge in [-0.2, -0.15) is 5.10 Å². The van der Waals surface area contributed by atoms with Gasteiger partial charge in [-0.3, -0.25) is 4.68 Å². The molecule has 0 saturated carbocycles. The topological polar surface area (TPSA) is 59.4 Å². The molecule has 136 valence electrons. The van der Waals surface area contributed by atoms with E-state index in [2.05, 4.69) is 37.4 Å². The first kappa shape index (κ1) is 18.8. The van der Waals surface area contributed by atoms with E-state index in [9.17, 15) is 4.79 Å². The summed E-state index contributed by atoms with van der Waals surface area (Å²) in [6.45, 7) is 13.6. The lowest BCUT2D eigenvalue weighted by molar-refractivity contribution is 0.00932. The van der Waals surface area contributed by atoms with Crippen LogP contribution < -0.4 is 5.32 Å². The first-order chi connectivity index (χ1) is 11.2. The highest BCUT2D eigenvalue weighted by Gasteiger charge is 2.31. The number of hydrogen-bond donors (Lipinski definition) is 1. The molecule has 2 rings (SSSR count). The molecular formula is C18H32N4O2. The predicted octanol–water partition coefficient (Wildman–Crippen LogP) is 3.34. The van der Waals surface area contributed by atoms with Crippen molar-refractivity contribution < 1.29 is 9.53 Å². The summed E-state index contributed by atoms with van der Waals surface area (Å²) in [7, 11) is 0. The van der Waals surface area contributed by atoms with Crippen LogP contribution in [-0.4, -0.2) is 45.0 Å². The van der Waals surface area contributed by atoms with Gasteiger partial charge in [0.1, 0.15) is 5.60 Å². The minimum atomic E-state index is -0.442. The zero-order chi connectivity index (χ0) is 17.9. The molecule has 2 heterocycles. The molecular weight excluding hydrogens is 304 g/mol. The maximum atomic E-state index is 12.2. The molecule has 6 nitrogen and oxygen atoms in total. The summed E-state index contributed by atoms with van der Waals surface area (Å²) in [6, 6.07) is 0.987. The van der Waals surface area contributed by atoms with E-state index >= 15 is 0 Å². The standard InChI is InChI=1S/C18H32N4O2/c1-13(2)22-12-15(11-20-22)10-19-16-7-8-21(14(3)9-16)17(23)24-18(4,5)6/h11-14,16,19H,7-10H2,1-6H3. The zero-order valence-corrected chi connectivity index (χ0v) is 15.9. The summed E-state index contributed by atoms with van der Waals surface area (Å²) in [4.78, 5) is 14.1. The van der Waals surface area contributed by atoms with Crippen LogP contribution in [-0.2, 0) is 11.3 Å². The molecule has 0 aliphatic carbocycles. The SMILES string of the molecule is CC1CC(NCc2cnn(C(C)C)c2)CCN1C(=O)OC(C)(C)C. The number of nitrogens with zero attached hydrogens (tertiary/aromatic N) is 3. The maximum absolute atomic E-state index is 12.2. The van der Waals surface area contributed by atoms with E-state index in [0.717, 1.165) is 25.9 Å². The van der Waals surface area contributed by atoms with Gasteiger partial charge in [-0.15, -0.1) is 0 Å². The van der Waals surface area contributed by atoms with Crippen molar-refractivity contribution in [3.8, 4) is 0 Å². The Balaban J connectivity index is 1.81. The Morgan fingerprint density at radius 3 is 2.71 bits per heavy atom. The van der Waals surface area contributed by atoms with Gasteiger partial charge >= 0.3 is 6.09 Å². The number of piperidine rings is 1. The molecule has 6 heteroatoms. The molecule has 24 heavy (non-hydrogen) atoms. The van der Waals surface area contributed by atoms with Gasteiger partial charge in [0.15, 0.2) is 0 Å². The molecule has 0 radical (unpaired) electrons. The minimum absolute atomic E-state index is 0.185. The normalized spacial score (nSPS) is 22.0. The van der Waals surface area contributed by atoms with Crippen LogP contribution in [0.15, 0.2) is 12.4 Å². The summed E-state index contributed by atoms with van der Waals surface area (Å²) >= 11 is 0. The number of hydrogen-bond acceptors (Lipinski definition) is 4. The van der Waals surface area contributed by atoms with Crippen molar-refractivity contribution in [2.24, 2.45) is 0 Å². The summed E-state index contributed by atoms with van der Waals surface area (Å²) in [5.41, 5.74) is 0.758. The third-order valence-corrected chi connectivity index (χ3v) is 4.28. The quantitative estimate of drug-likeness (QED) is 0.916. The fraction of sp³-hybridized carbons (Fsp3) is 0.778. The van der Waals surface area contributed by atoms with Crippen molar-refractivity contribution in [3.05, 3.63) is 18.0 Å². The van der Waals surface area contributed by atoms with E-state index in [-0.39, 0.29) is 12.1 Å². The van der Waals surface area contributed by atoms with Gasteiger partial charge in [0.25, 0.3) is 0 Å². The van der Waals surface area contributed by atoms with Crippen molar-refractivity contribution in [2.75, 3.05) is 6.54 Å². The summed E-state index contributed by atoms with van der Waals surface area (Å²) < 4.78 is 7.47. The molecule has 1 saturated heterocycles. The van der Waals surface area contributed by atoms with Crippen LogP contribution in [0.3, 0.4) is 0 Å². The highest BCUT2D eigenvalue weighted by molar-refractivity contribution is 5.68. The highest BCUT2D eigenvalue weighted by Crippen LogP contribution is 2.21. The van der Waals surface area contributed by atoms with Gasteiger partial charge in [0.05, 0.1) is 6.20 Å². The number of carbonyl (C=O) groups excluding carboxylic acids is 1. The third-order valence-electron chi connectivity index (χ3n) is 4.28. The molecule has 1 fully saturated rings. The van der Waals surface area contributed by atoms with Crippen LogP contribution in [0.1, 0.15) is 66.0 Å². The molecule has 1 N–H and O–H groups in total. The van der Waals surface area contributed by atoms with Crippen molar-refractivity contribution in [2.45, 2.75) is 84.7 Å². The number of ether oxygens (including phenoxy) is 1. The van der Waals surface area contributed by atoms with Crippen LogP contribution in [0.4, 0.5) is 4.79 Å². The molecule has 0 spiro atoms. The van der Waals surface area contributed by atoms with Crippen molar-refractivity contribution in [1.82, 2.24) is 20.0 Å². The first-order valence-corrected chi connectivity index (χ1v) is 8.91. The van der Waals surface area contributed by atoms with Crippen molar-refractivity contribution in [1.29, 1.82) is 0 Å². The Bertz CT molecular complexity index is 547. The Morgan fingerprint density at radius 1 is 1.46 bits per heavy atom. The molecule has 1 aliphatic rings. The van der Waals surface area contributed by atoms with Crippen molar-refractivity contribution in [3.63, 3.8) is 0 Å². The smallest absolute Gasteiger partial charge is 0.410 e. The average Bonchev–Trinajstić information content (AvgIpc) is 2.92. The molecule has 0 bridgehead atoms. The second kappa shape index (κ2) is 7.55. The van der Waals surface area contributed by atoms with Gasteiger partial charge in [-0.1, -0.05) is 0 Å². The lowest BCUT2D eigenvalue weighted by atomic mass is 9.98. The number of amides is 1. The van der Waals surface area contributed by atoms with Gasteiger partial charge in [-0.05, 0) is 54.4 Å². The van der Waals surface area contributed by atoms with E-state index in [1.54, 1.807) is 0 Å². The van der Waals surface area contributed by atoms with Crippen LogP contribution in [0.5, 0.6) is 0 Å². The fourth-order valence-electron chi connectivity index (χ4n) is 2.96. The van der Waals surface area contributed by atoms with Gasteiger partial charge < -0.3 is 15.0 Å². The molecule has 1 amide bonds. The van der Waals surface area contributed by atoms with E-state index in [1.807, 2.05) is 36.5 Å². The average molecular weight is 336 g/mol. The van der Waals surface area contributed by atoms with Gasteiger partial charge in [0.2, 0.25) is 0 Å². The van der Waals surface area contributed by atoms with Crippen LogP contribution in [0, 0.1) is 0 Å². The van der Waals surface area contributed by atoms with Crippen molar-refractivity contribution >= 4 is 6.09 Å². The summed E-state index contributed by atoms with van der Waals surface area (Å²) in [5.74, 6) is 0. The molecule has 1 aromatic rings. The van der Waals surface area contributed by atoms with Crippen LogP contribution >= 0.6 is 0 Å². The third kappa shape index (κ3) is 5.23. The zero-order valence-electron chi connectivity index (χ0n) is 15.9. The molecule has 1 aliphatic heterocycles. The van der Waals surface area contributed by atoms with Gasteiger partial charge in [0, 0.05) is 43.0 Å². The monoisotopic (exact) mass is 336 g/mol. The lowest BCUT2D eigenvalue weighted by Crippen LogP contribution is -2.50. The number of carbonyl (C=O) groups is 1. The summed E-state index contributed by atoms with van der Waals surface area (Å²) in [5, 5.41) is 7.97. The van der Waals surface area contributed by atoms with E-state index in [1.165, 1.54) is 5.56 Å². The largest absolute Gasteiger partial charge is 0.444 e. The molecule has 2 atom stereocenters. The van der Waals surface area contributed by atoms with E-state index in [0.29, 0.717) is 12.1 Å². The lowest BCUT2D eigenvalue weighted by Gasteiger charge is -2.38. The Hall–Kier alpha value is -1.56. The Labute approximate surface area is 145 Å². The number of rotatable bonds is 4. The number of aromatic nitrogens is 2. The summed E-state index contributed by atoms with van der Waals surface area (Å²) in [6.07, 6.45) is 5.70.